The fraction of sp³-hybridized carbons (Fsp3) is 0.706. The quantitative estimate of drug-likeness (QED) is 0.838. The third-order valence-electron chi connectivity index (χ3n) is 5.15. The van der Waals surface area contributed by atoms with E-state index >= 15 is 0 Å². The summed E-state index contributed by atoms with van der Waals surface area (Å²) in [6, 6.07) is 0.446. The van der Waals surface area contributed by atoms with Crippen LogP contribution in [0.15, 0.2) is 4.42 Å². The van der Waals surface area contributed by atoms with Crippen LogP contribution in [0.1, 0.15) is 34.4 Å². The maximum atomic E-state index is 12.9. The molecule has 0 spiro atoms. The van der Waals surface area contributed by atoms with Gasteiger partial charge in [-0.2, -0.15) is 0 Å². The molecule has 0 unspecified atom stereocenters. The number of amides is 1. The van der Waals surface area contributed by atoms with Crippen molar-refractivity contribution in [3.8, 4) is 0 Å². The van der Waals surface area contributed by atoms with Gasteiger partial charge in [0.15, 0.2) is 0 Å². The van der Waals surface area contributed by atoms with Gasteiger partial charge in [0.25, 0.3) is 5.91 Å². The standard InChI is InChI=1S/C17H26N2O3/c1-11-9-19(10-15(11)18-5-7-21-8-6-18)17(20)16-12(2)13(3)22-14(16)4/h11,15H,5-10H2,1-4H3/t11-,15+/m1/s1. The summed E-state index contributed by atoms with van der Waals surface area (Å²) in [5.74, 6) is 2.20. The van der Waals surface area contributed by atoms with Crippen molar-refractivity contribution in [2.24, 2.45) is 5.92 Å². The molecule has 122 valence electrons. The van der Waals surface area contributed by atoms with Crippen LogP contribution in [0.2, 0.25) is 0 Å². The number of aryl methyl sites for hydroxylation is 2. The maximum absolute atomic E-state index is 12.9. The van der Waals surface area contributed by atoms with E-state index in [1.54, 1.807) is 0 Å². The Morgan fingerprint density at radius 3 is 2.36 bits per heavy atom. The van der Waals surface area contributed by atoms with Gasteiger partial charge in [-0.05, 0) is 26.7 Å². The van der Waals surface area contributed by atoms with Crippen LogP contribution in [-0.2, 0) is 4.74 Å². The van der Waals surface area contributed by atoms with Crippen molar-refractivity contribution in [2.45, 2.75) is 33.7 Å². The summed E-state index contributed by atoms with van der Waals surface area (Å²) in [5.41, 5.74) is 1.73. The Hall–Kier alpha value is -1.33. The van der Waals surface area contributed by atoms with E-state index < -0.39 is 0 Å². The first-order valence-corrected chi connectivity index (χ1v) is 8.16. The summed E-state index contributed by atoms with van der Waals surface area (Å²) < 4.78 is 11.1. The minimum Gasteiger partial charge on any atom is -0.466 e. The zero-order chi connectivity index (χ0) is 15.9. The Labute approximate surface area is 132 Å². The molecule has 0 aromatic carbocycles. The molecular formula is C17H26N2O3. The van der Waals surface area contributed by atoms with E-state index in [2.05, 4.69) is 11.8 Å². The highest BCUT2D eigenvalue weighted by molar-refractivity contribution is 5.97. The molecule has 0 aliphatic carbocycles. The van der Waals surface area contributed by atoms with Gasteiger partial charge in [0.05, 0.1) is 18.8 Å². The molecule has 3 heterocycles. The first-order chi connectivity index (χ1) is 10.5. The molecule has 2 fully saturated rings. The summed E-state index contributed by atoms with van der Waals surface area (Å²) in [7, 11) is 0. The highest BCUT2D eigenvalue weighted by Gasteiger charge is 2.38. The van der Waals surface area contributed by atoms with E-state index in [-0.39, 0.29) is 5.91 Å². The Balaban J connectivity index is 1.74. The molecule has 2 saturated heterocycles. The van der Waals surface area contributed by atoms with Gasteiger partial charge in [-0.15, -0.1) is 0 Å². The number of nitrogens with zero attached hydrogens (tertiary/aromatic N) is 2. The van der Waals surface area contributed by atoms with Crippen LogP contribution in [-0.4, -0.2) is 61.1 Å². The van der Waals surface area contributed by atoms with E-state index in [0.717, 1.165) is 62.0 Å². The highest BCUT2D eigenvalue weighted by atomic mass is 16.5. The second kappa shape index (κ2) is 6.05. The van der Waals surface area contributed by atoms with Crippen molar-refractivity contribution in [1.29, 1.82) is 0 Å². The largest absolute Gasteiger partial charge is 0.466 e. The van der Waals surface area contributed by atoms with Crippen LogP contribution in [0.25, 0.3) is 0 Å². The molecule has 3 rings (SSSR count). The Bertz CT molecular complexity index is 560. The third-order valence-corrected chi connectivity index (χ3v) is 5.15. The van der Waals surface area contributed by atoms with Crippen molar-refractivity contribution in [1.82, 2.24) is 9.80 Å². The van der Waals surface area contributed by atoms with Gasteiger partial charge < -0.3 is 14.1 Å². The number of morpholine rings is 1. The number of rotatable bonds is 2. The van der Waals surface area contributed by atoms with E-state index in [0.29, 0.717) is 12.0 Å². The van der Waals surface area contributed by atoms with Crippen molar-refractivity contribution in [3.05, 3.63) is 22.6 Å². The molecule has 1 aromatic rings. The molecule has 2 aliphatic heterocycles. The number of furan rings is 1. The Morgan fingerprint density at radius 2 is 1.77 bits per heavy atom. The normalized spacial score (nSPS) is 26.6. The average Bonchev–Trinajstić information content (AvgIpc) is 3.00. The van der Waals surface area contributed by atoms with Crippen molar-refractivity contribution in [3.63, 3.8) is 0 Å². The number of hydrogen-bond donors (Lipinski definition) is 0. The lowest BCUT2D eigenvalue weighted by Crippen LogP contribution is -2.47. The van der Waals surface area contributed by atoms with Gasteiger partial charge >= 0.3 is 0 Å². The van der Waals surface area contributed by atoms with Crippen LogP contribution >= 0.6 is 0 Å². The van der Waals surface area contributed by atoms with E-state index in [9.17, 15) is 4.79 Å². The lowest BCUT2D eigenvalue weighted by atomic mass is 10.0. The second-order valence-electron chi connectivity index (χ2n) is 6.62. The molecule has 1 amide bonds. The lowest BCUT2D eigenvalue weighted by Gasteiger charge is -2.33. The van der Waals surface area contributed by atoms with Gasteiger partial charge in [-0.1, -0.05) is 6.92 Å². The molecule has 5 nitrogen and oxygen atoms in total. The van der Waals surface area contributed by atoms with Gasteiger partial charge in [0, 0.05) is 37.8 Å². The minimum absolute atomic E-state index is 0.120. The Kier molecular flexibility index (Phi) is 4.28. The van der Waals surface area contributed by atoms with Crippen LogP contribution in [0.5, 0.6) is 0 Å². The van der Waals surface area contributed by atoms with E-state index in [4.69, 9.17) is 9.15 Å². The zero-order valence-corrected chi connectivity index (χ0v) is 14.0. The van der Waals surface area contributed by atoms with Crippen molar-refractivity contribution in [2.75, 3.05) is 39.4 Å². The van der Waals surface area contributed by atoms with Crippen LogP contribution in [0.3, 0.4) is 0 Å². The van der Waals surface area contributed by atoms with E-state index in [1.165, 1.54) is 0 Å². The third kappa shape index (κ3) is 2.68. The van der Waals surface area contributed by atoms with Gasteiger partial charge in [-0.3, -0.25) is 9.69 Å². The predicted molar refractivity (Wildman–Crippen MR) is 84.2 cm³/mol. The SMILES string of the molecule is Cc1oc(C)c(C(=O)N2C[C@@H](C)[C@@H](N3CCOCC3)C2)c1C. The summed E-state index contributed by atoms with van der Waals surface area (Å²) in [4.78, 5) is 17.4. The molecule has 0 saturated carbocycles. The molecule has 0 N–H and O–H groups in total. The maximum Gasteiger partial charge on any atom is 0.257 e. The molecular weight excluding hydrogens is 280 g/mol. The topological polar surface area (TPSA) is 45.9 Å². The molecule has 5 heteroatoms. The van der Waals surface area contributed by atoms with Crippen LogP contribution < -0.4 is 0 Å². The fourth-order valence-corrected chi connectivity index (χ4v) is 3.77. The first kappa shape index (κ1) is 15.6. The zero-order valence-electron chi connectivity index (χ0n) is 14.0. The van der Waals surface area contributed by atoms with E-state index in [1.807, 2.05) is 25.7 Å². The van der Waals surface area contributed by atoms with Crippen LogP contribution in [0.4, 0.5) is 0 Å². The number of hydrogen-bond acceptors (Lipinski definition) is 4. The van der Waals surface area contributed by atoms with Crippen LogP contribution in [0, 0.1) is 26.7 Å². The molecule has 22 heavy (non-hydrogen) atoms. The molecule has 1 aromatic heterocycles. The monoisotopic (exact) mass is 306 g/mol. The lowest BCUT2D eigenvalue weighted by molar-refractivity contribution is 0.0119. The number of carbonyl (C=O) groups is 1. The fourth-order valence-electron chi connectivity index (χ4n) is 3.77. The van der Waals surface area contributed by atoms with Crippen molar-refractivity contribution < 1.29 is 13.9 Å². The number of ether oxygens (including phenoxy) is 1. The molecule has 0 bridgehead atoms. The smallest absolute Gasteiger partial charge is 0.257 e. The van der Waals surface area contributed by atoms with Crippen molar-refractivity contribution >= 4 is 5.91 Å². The average molecular weight is 306 g/mol. The molecule has 0 radical (unpaired) electrons. The summed E-state index contributed by atoms with van der Waals surface area (Å²) in [6.45, 7) is 13.2. The van der Waals surface area contributed by atoms with Gasteiger partial charge in [0.1, 0.15) is 11.5 Å². The predicted octanol–water partition coefficient (Wildman–Crippen LogP) is 2.00. The minimum atomic E-state index is 0.120. The Morgan fingerprint density at radius 1 is 1.09 bits per heavy atom. The molecule has 2 atom stereocenters. The highest BCUT2D eigenvalue weighted by Crippen LogP contribution is 2.27. The second-order valence-corrected chi connectivity index (χ2v) is 6.62. The van der Waals surface area contributed by atoms with Gasteiger partial charge in [0.2, 0.25) is 0 Å². The summed E-state index contributed by atoms with van der Waals surface area (Å²) in [5, 5.41) is 0. The number of likely N-dealkylation sites (tertiary alicyclic amines) is 1. The molecule has 2 aliphatic rings. The van der Waals surface area contributed by atoms with Gasteiger partial charge in [-0.25, -0.2) is 0 Å². The first-order valence-electron chi connectivity index (χ1n) is 8.16. The number of carbonyl (C=O) groups excluding carboxylic acids is 1. The summed E-state index contributed by atoms with van der Waals surface area (Å²) >= 11 is 0. The summed E-state index contributed by atoms with van der Waals surface area (Å²) in [6.07, 6.45) is 0.